The van der Waals surface area contributed by atoms with Gasteiger partial charge in [-0.3, -0.25) is 24.0 Å². The van der Waals surface area contributed by atoms with Crippen LogP contribution in [-0.2, 0) is 42.9 Å². The lowest BCUT2D eigenvalue weighted by Gasteiger charge is -2.64. The van der Waals surface area contributed by atoms with E-state index in [1.807, 2.05) is 26.8 Å². The Morgan fingerprint density at radius 3 is 2.09 bits per heavy atom. The van der Waals surface area contributed by atoms with Crippen molar-refractivity contribution in [3.63, 3.8) is 0 Å². The van der Waals surface area contributed by atoms with Gasteiger partial charge in [0.15, 0.2) is 30.1 Å². The van der Waals surface area contributed by atoms with E-state index in [0.717, 1.165) is 25.5 Å². The molecule has 0 aromatic rings. The van der Waals surface area contributed by atoms with Crippen LogP contribution < -0.4 is 0 Å². The first-order valence-corrected chi connectivity index (χ1v) is 18.6. The molecule has 1 heterocycles. The summed E-state index contributed by atoms with van der Waals surface area (Å²) in [6.07, 6.45) is -3.80. The van der Waals surface area contributed by atoms with Gasteiger partial charge in [0.25, 0.3) is 0 Å². The molecule has 5 rings (SSSR count). The summed E-state index contributed by atoms with van der Waals surface area (Å²) < 4.78 is 23.8. The molecule has 4 N–H and O–H groups in total. The number of Topliss-reactive ketones (excluding diaryl/α,β-unsaturated/α-hetero) is 2. The van der Waals surface area contributed by atoms with Crippen LogP contribution in [0.1, 0.15) is 102 Å². The number of rotatable bonds is 8. The van der Waals surface area contributed by atoms with Gasteiger partial charge in [-0.1, -0.05) is 38.5 Å². The smallest absolute Gasteiger partial charge is 0.303 e. The number of aliphatic hydroxyl groups excluding tert-OH is 2. The van der Waals surface area contributed by atoms with Gasteiger partial charge in [-0.25, -0.2) is 0 Å². The predicted octanol–water partition coefficient (Wildman–Crippen LogP) is 2.92. The van der Waals surface area contributed by atoms with Crippen LogP contribution in [0, 0.1) is 39.4 Å². The number of hydrogen-bond acceptors (Lipinski definition) is 13. The Morgan fingerprint density at radius 1 is 0.943 bits per heavy atom. The van der Waals surface area contributed by atoms with E-state index in [2.05, 4.69) is 0 Å². The third kappa shape index (κ3) is 6.56. The number of allylic oxidation sites excluding steroid dienone is 2. The van der Waals surface area contributed by atoms with Crippen molar-refractivity contribution in [3.05, 3.63) is 23.8 Å². The van der Waals surface area contributed by atoms with Crippen LogP contribution in [0.5, 0.6) is 0 Å². The first-order chi connectivity index (χ1) is 24.1. The third-order valence-electron chi connectivity index (χ3n) is 13.8. The van der Waals surface area contributed by atoms with E-state index in [1.54, 1.807) is 13.8 Å². The molecule has 13 heteroatoms. The van der Waals surface area contributed by atoms with Gasteiger partial charge in [-0.2, -0.15) is 0 Å². The molecule has 296 valence electrons. The van der Waals surface area contributed by atoms with Crippen LogP contribution >= 0.6 is 0 Å². The van der Waals surface area contributed by atoms with Crippen LogP contribution in [0.15, 0.2) is 23.8 Å². The van der Waals surface area contributed by atoms with Crippen LogP contribution in [0.3, 0.4) is 0 Å². The number of carbonyl (C=O) groups is 5. The predicted molar refractivity (Wildman–Crippen MR) is 189 cm³/mol. The SMILES string of the molecule is CC(=O)OC1C(OC2CC3(C)C4CC=C5C(CC(O)C(=O)C5(C)C)C4(C)C(=O)CC3(C)C2C(C)(O)C(=O)C=CC(C)(C)O)OC(C)C(O)C1OC(C)=O. The fourth-order valence-electron chi connectivity index (χ4n) is 11.0. The van der Waals surface area contributed by atoms with Gasteiger partial charge in [0.1, 0.15) is 23.6 Å². The van der Waals surface area contributed by atoms with Crippen molar-refractivity contribution in [2.24, 2.45) is 39.4 Å². The van der Waals surface area contributed by atoms with Gasteiger partial charge < -0.3 is 39.4 Å². The summed E-state index contributed by atoms with van der Waals surface area (Å²) in [5, 5.41) is 44.8. The summed E-state index contributed by atoms with van der Waals surface area (Å²) in [4.78, 5) is 66.6. The average molecular weight is 747 g/mol. The van der Waals surface area contributed by atoms with E-state index < -0.39 is 105 Å². The molecule has 0 spiro atoms. The maximum absolute atomic E-state index is 14.9. The fraction of sp³-hybridized carbons (Fsp3) is 0.775. The Balaban J connectivity index is 1.66. The molecule has 1 saturated heterocycles. The van der Waals surface area contributed by atoms with Crippen LogP contribution in [0.2, 0.25) is 0 Å². The third-order valence-corrected chi connectivity index (χ3v) is 13.8. The van der Waals surface area contributed by atoms with E-state index in [-0.39, 0.29) is 36.7 Å². The number of fused-ring (bicyclic) bond motifs is 5. The lowest BCUT2D eigenvalue weighted by atomic mass is 9.38. The minimum absolute atomic E-state index is 0.0714. The van der Waals surface area contributed by atoms with Crippen molar-refractivity contribution in [2.45, 2.75) is 156 Å². The maximum Gasteiger partial charge on any atom is 0.303 e. The van der Waals surface area contributed by atoms with E-state index in [1.165, 1.54) is 33.8 Å². The minimum Gasteiger partial charge on any atom is -0.455 e. The van der Waals surface area contributed by atoms with Crippen molar-refractivity contribution in [1.29, 1.82) is 0 Å². The molecule has 3 saturated carbocycles. The van der Waals surface area contributed by atoms with E-state index in [9.17, 15) is 44.4 Å². The molecule has 0 radical (unpaired) electrons. The number of esters is 2. The quantitative estimate of drug-likeness (QED) is 0.161. The number of ketones is 3. The van der Waals surface area contributed by atoms with Gasteiger partial charge in [0.05, 0.1) is 17.8 Å². The lowest BCUT2D eigenvalue weighted by molar-refractivity contribution is -0.314. The van der Waals surface area contributed by atoms with Gasteiger partial charge in [-0.05, 0) is 89.5 Å². The molecule has 0 aromatic carbocycles. The second-order valence-corrected chi connectivity index (χ2v) is 18.2. The molecular weight excluding hydrogens is 688 g/mol. The van der Waals surface area contributed by atoms with Crippen molar-refractivity contribution in [2.75, 3.05) is 0 Å². The molecule has 14 unspecified atom stereocenters. The Hall–Kier alpha value is -2.81. The summed E-state index contributed by atoms with van der Waals surface area (Å²) in [6.45, 7) is 17.5. The lowest BCUT2D eigenvalue weighted by Crippen LogP contribution is -2.65. The Bertz CT molecular complexity index is 1600. The summed E-state index contributed by atoms with van der Waals surface area (Å²) >= 11 is 0. The molecule has 4 aliphatic carbocycles. The molecule has 53 heavy (non-hydrogen) atoms. The highest BCUT2D eigenvalue weighted by Gasteiger charge is 2.75. The first kappa shape index (κ1) is 41.4. The van der Waals surface area contributed by atoms with Crippen LogP contribution in [-0.4, -0.2) is 104 Å². The molecule has 0 bridgehead atoms. The highest BCUT2D eigenvalue weighted by Crippen LogP contribution is 2.74. The fourth-order valence-corrected chi connectivity index (χ4v) is 11.0. The molecule has 13 nitrogen and oxygen atoms in total. The second kappa shape index (κ2) is 13.4. The van der Waals surface area contributed by atoms with Gasteiger partial charge in [0.2, 0.25) is 0 Å². The normalized spacial score (nSPS) is 43.6. The van der Waals surface area contributed by atoms with Crippen molar-refractivity contribution < 1.29 is 63.3 Å². The summed E-state index contributed by atoms with van der Waals surface area (Å²) in [5.74, 6) is -4.53. The Labute approximate surface area is 311 Å². The second-order valence-electron chi connectivity index (χ2n) is 18.2. The Morgan fingerprint density at radius 2 is 1.53 bits per heavy atom. The van der Waals surface area contributed by atoms with Crippen molar-refractivity contribution >= 4 is 29.3 Å². The van der Waals surface area contributed by atoms with E-state index in [4.69, 9.17) is 18.9 Å². The molecule has 0 aromatic heterocycles. The molecule has 1 aliphatic heterocycles. The molecule has 0 amide bonds. The zero-order chi connectivity index (χ0) is 40.0. The molecule has 4 fully saturated rings. The largest absolute Gasteiger partial charge is 0.455 e. The number of ether oxygens (including phenoxy) is 4. The van der Waals surface area contributed by atoms with Gasteiger partial charge in [0, 0.05) is 37.0 Å². The monoisotopic (exact) mass is 746 g/mol. The number of hydrogen-bond donors (Lipinski definition) is 4. The summed E-state index contributed by atoms with van der Waals surface area (Å²) in [6, 6.07) is 0. The maximum atomic E-state index is 14.9. The van der Waals surface area contributed by atoms with E-state index in [0.29, 0.717) is 6.42 Å². The topological polar surface area (TPSA) is 203 Å². The van der Waals surface area contributed by atoms with Crippen LogP contribution in [0.4, 0.5) is 0 Å². The highest BCUT2D eigenvalue weighted by molar-refractivity contribution is 5.98. The Kier molecular flexibility index (Phi) is 10.5. The molecule has 14 atom stereocenters. The standard InChI is InChI=1S/C40H58O13/c1-19-29(46)30(51-20(2)41)31(52-21(3)42)34(50-19)53-25-17-37(8)26-13-12-22-23(16-24(43)33(47)36(22,6)7)39(26,10)28(45)18-38(37,9)32(25)40(11,49)27(44)14-15-35(4,5)48/h12,14-15,19,23-26,29-32,34,43,46,48-49H,13,16-18H2,1-11H3. The van der Waals surface area contributed by atoms with Gasteiger partial charge >= 0.3 is 11.9 Å². The van der Waals surface area contributed by atoms with Crippen LogP contribution in [0.25, 0.3) is 0 Å². The summed E-state index contributed by atoms with van der Waals surface area (Å²) in [7, 11) is 0. The van der Waals surface area contributed by atoms with E-state index >= 15 is 0 Å². The average Bonchev–Trinajstić information content (AvgIpc) is 3.25. The van der Waals surface area contributed by atoms with Crippen molar-refractivity contribution in [3.8, 4) is 0 Å². The zero-order valence-electron chi connectivity index (χ0n) is 32.8. The zero-order valence-corrected chi connectivity index (χ0v) is 32.8. The van der Waals surface area contributed by atoms with Crippen molar-refractivity contribution in [1.82, 2.24) is 0 Å². The number of carbonyl (C=O) groups excluding carboxylic acids is 5. The highest BCUT2D eigenvalue weighted by atomic mass is 16.7. The summed E-state index contributed by atoms with van der Waals surface area (Å²) in [5.41, 5.74) is -6.64. The van der Waals surface area contributed by atoms with Gasteiger partial charge in [-0.15, -0.1) is 0 Å². The number of aliphatic hydroxyl groups is 4. The molecule has 5 aliphatic rings. The first-order valence-electron chi connectivity index (χ1n) is 18.6. The minimum atomic E-state index is -2.18. The molecular formula is C40H58O13.